The lowest BCUT2D eigenvalue weighted by Crippen LogP contribution is -2.39. The molecule has 1 atom stereocenters. The minimum Gasteiger partial charge on any atom is -0.320 e. The van der Waals surface area contributed by atoms with Gasteiger partial charge in [-0.1, -0.05) is 55.5 Å². The molecule has 0 aliphatic carbocycles. The molecule has 1 N–H and O–H groups in total. The van der Waals surface area contributed by atoms with Gasteiger partial charge in [-0.05, 0) is 61.4 Å². The van der Waals surface area contributed by atoms with Crippen molar-refractivity contribution in [3.05, 3.63) is 69.7 Å². The molecule has 180 valence electrons. The van der Waals surface area contributed by atoms with Gasteiger partial charge in [0.2, 0.25) is 15.0 Å². The van der Waals surface area contributed by atoms with E-state index in [0.717, 1.165) is 36.1 Å². The summed E-state index contributed by atoms with van der Waals surface area (Å²) >= 11 is 1.23. The maximum absolute atomic E-state index is 13.3. The predicted octanol–water partition coefficient (Wildman–Crippen LogP) is 4.87. The summed E-state index contributed by atoms with van der Waals surface area (Å²) < 4.78 is 28.1. The summed E-state index contributed by atoms with van der Waals surface area (Å²) in [5.41, 5.74) is 2.83. The summed E-state index contributed by atoms with van der Waals surface area (Å²) in [5.74, 6) is 0.127. The minimum absolute atomic E-state index is 0.0822. The van der Waals surface area contributed by atoms with Crippen molar-refractivity contribution < 1.29 is 13.2 Å². The van der Waals surface area contributed by atoms with Gasteiger partial charge in [-0.25, -0.2) is 8.42 Å². The highest BCUT2D eigenvalue weighted by Crippen LogP contribution is 2.32. The molecule has 1 aliphatic rings. The Kier molecular flexibility index (Phi) is 7.45. The summed E-state index contributed by atoms with van der Waals surface area (Å²) in [6.45, 7) is 7.03. The van der Waals surface area contributed by atoms with Crippen LogP contribution in [0.3, 0.4) is 0 Å². The van der Waals surface area contributed by atoms with E-state index in [9.17, 15) is 13.2 Å². The molecule has 1 fully saturated rings. The first-order chi connectivity index (χ1) is 16.2. The maximum atomic E-state index is 13.3. The van der Waals surface area contributed by atoms with Crippen molar-refractivity contribution in [2.24, 2.45) is 5.92 Å². The van der Waals surface area contributed by atoms with Crippen molar-refractivity contribution in [2.45, 2.75) is 50.8 Å². The number of rotatable bonds is 7. The van der Waals surface area contributed by atoms with Gasteiger partial charge in [0.25, 0.3) is 5.91 Å². The standard InChI is InChI=1S/C25H30N4O3S2/c1-17(2)15-19-10-12-21(13-11-19)34(31,32)29-14-6-8-20(16-29)24-27-28-25(33-24)23(30)26-22-9-5-4-7-18(22)3/h4-5,7,9-13,17,20H,6,8,14-16H2,1-3H3,(H,26,30)/t20-/m0/s1. The fraction of sp³-hybridized carbons (Fsp3) is 0.400. The van der Waals surface area contributed by atoms with E-state index in [1.54, 1.807) is 12.1 Å². The number of aryl methyl sites for hydroxylation is 1. The number of sulfonamides is 1. The van der Waals surface area contributed by atoms with Crippen LogP contribution in [-0.2, 0) is 16.4 Å². The second-order valence-corrected chi connectivity index (χ2v) is 12.1. The number of carbonyl (C=O) groups excluding carboxylic acids is 1. The Balaban J connectivity index is 1.45. The van der Waals surface area contributed by atoms with Crippen LogP contribution in [0.4, 0.5) is 5.69 Å². The third-order valence-corrected chi connectivity index (χ3v) is 8.93. The number of hydrogen-bond donors (Lipinski definition) is 1. The molecule has 1 aromatic heterocycles. The average Bonchev–Trinajstić information content (AvgIpc) is 3.31. The molecule has 7 nitrogen and oxygen atoms in total. The van der Waals surface area contributed by atoms with Crippen LogP contribution < -0.4 is 5.32 Å². The first-order valence-electron chi connectivity index (χ1n) is 11.5. The van der Waals surface area contributed by atoms with Crippen molar-refractivity contribution in [1.82, 2.24) is 14.5 Å². The van der Waals surface area contributed by atoms with Gasteiger partial charge in [0.1, 0.15) is 5.01 Å². The van der Waals surface area contributed by atoms with Crippen LogP contribution in [0.25, 0.3) is 0 Å². The van der Waals surface area contributed by atoms with Crippen molar-refractivity contribution in [3.8, 4) is 0 Å². The SMILES string of the molecule is Cc1ccccc1NC(=O)c1nnc([C@H]2CCCN(S(=O)(=O)c3ccc(CC(C)C)cc3)C2)s1. The molecule has 1 amide bonds. The highest BCUT2D eigenvalue weighted by Gasteiger charge is 2.33. The molecule has 0 unspecified atom stereocenters. The van der Waals surface area contributed by atoms with Crippen molar-refractivity contribution in [1.29, 1.82) is 0 Å². The summed E-state index contributed by atoms with van der Waals surface area (Å²) in [4.78, 5) is 13.0. The van der Waals surface area contributed by atoms with E-state index in [1.165, 1.54) is 15.6 Å². The van der Waals surface area contributed by atoms with E-state index >= 15 is 0 Å². The van der Waals surface area contributed by atoms with Crippen LogP contribution in [0.2, 0.25) is 0 Å². The molecule has 0 saturated carbocycles. The first kappa shape index (κ1) is 24.5. The summed E-state index contributed by atoms with van der Waals surface area (Å²) in [6, 6.07) is 14.8. The number of nitrogens with zero attached hydrogens (tertiary/aromatic N) is 3. The molecule has 1 saturated heterocycles. The van der Waals surface area contributed by atoms with Gasteiger partial charge in [-0.15, -0.1) is 10.2 Å². The molecule has 0 spiro atoms. The number of benzene rings is 2. The normalized spacial score (nSPS) is 17.1. The number of nitrogens with one attached hydrogen (secondary N) is 1. The van der Waals surface area contributed by atoms with Crippen molar-refractivity contribution >= 4 is 33.0 Å². The Labute approximate surface area is 205 Å². The van der Waals surface area contributed by atoms with E-state index in [0.29, 0.717) is 28.9 Å². The van der Waals surface area contributed by atoms with Crippen LogP contribution >= 0.6 is 11.3 Å². The van der Waals surface area contributed by atoms with E-state index in [2.05, 4.69) is 29.4 Å². The van der Waals surface area contributed by atoms with Gasteiger partial charge in [0, 0.05) is 24.7 Å². The summed E-state index contributed by atoms with van der Waals surface area (Å²) in [7, 11) is -3.59. The highest BCUT2D eigenvalue weighted by atomic mass is 32.2. The average molecular weight is 499 g/mol. The number of para-hydroxylation sites is 1. The topological polar surface area (TPSA) is 92.3 Å². The molecule has 34 heavy (non-hydrogen) atoms. The Bertz CT molecular complexity index is 1250. The lowest BCUT2D eigenvalue weighted by atomic mass is 10.0. The lowest BCUT2D eigenvalue weighted by molar-refractivity contribution is 0.102. The summed E-state index contributed by atoms with van der Waals surface area (Å²) in [6.07, 6.45) is 2.47. The number of carbonyl (C=O) groups is 1. The van der Waals surface area contributed by atoms with Crippen LogP contribution in [0, 0.1) is 12.8 Å². The molecule has 1 aliphatic heterocycles. The van der Waals surface area contributed by atoms with Gasteiger partial charge in [0.15, 0.2) is 0 Å². The second kappa shape index (κ2) is 10.3. The molecule has 3 aromatic rings. The fourth-order valence-electron chi connectivity index (χ4n) is 4.16. The maximum Gasteiger partial charge on any atom is 0.286 e. The van der Waals surface area contributed by atoms with Gasteiger partial charge in [-0.3, -0.25) is 4.79 Å². The minimum atomic E-state index is -3.59. The largest absolute Gasteiger partial charge is 0.320 e. The third-order valence-electron chi connectivity index (χ3n) is 5.97. The van der Waals surface area contributed by atoms with Crippen molar-refractivity contribution in [3.63, 3.8) is 0 Å². The zero-order chi connectivity index (χ0) is 24.3. The van der Waals surface area contributed by atoms with E-state index in [4.69, 9.17) is 0 Å². The van der Waals surface area contributed by atoms with Gasteiger partial charge in [0.05, 0.1) is 4.90 Å². The van der Waals surface area contributed by atoms with E-state index in [1.807, 2.05) is 43.3 Å². The van der Waals surface area contributed by atoms with Crippen LogP contribution in [0.15, 0.2) is 53.4 Å². The third kappa shape index (κ3) is 5.54. The lowest BCUT2D eigenvalue weighted by Gasteiger charge is -2.30. The molecule has 2 aromatic carbocycles. The Morgan fingerprint density at radius 3 is 2.59 bits per heavy atom. The number of aromatic nitrogens is 2. The van der Waals surface area contributed by atoms with E-state index in [-0.39, 0.29) is 16.8 Å². The van der Waals surface area contributed by atoms with Crippen LogP contribution in [-0.4, -0.2) is 41.9 Å². The number of amides is 1. The molecular formula is C25H30N4O3S2. The first-order valence-corrected chi connectivity index (χ1v) is 13.8. The number of piperidine rings is 1. The molecular weight excluding hydrogens is 468 g/mol. The molecule has 2 heterocycles. The van der Waals surface area contributed by atoms with Crippen LogP contribution in [0.1, 0.15) is 58.5 Å². The number of anilines is 1. The van der Waals surface area contributed by atoms with Crippen molar-refractivity contribution in [2.75, 3.05) is 18.4 Å². The monoisotopic (exact) mass is 498 g/mol. The molecule has 9 heteroatoms. The van der Waals surface area contributed by atoms with Crippen LogP contribution in [0.5, 0.6) is 0 Å². The Hall–Kier alpha value is -2.62. The molecule has 0 bridgehead atoms. The molecule has 0 radical (unpaired) electrons. The Morgan fingerprint density at radius 2 is 1.88 bits per heavy atom. The smallest absolute Gasteiger partial charge is 0.286 e. The zero-order valence-corrected chi connectivity index (χ0v) is 21.3. The van der Waals surface area contributed by atoms with Gasteiger partial charge >= 0.3 is 0 Å². The fourth-order valence-corrected chi connectivity index (χ4v) is 6.55. The zero-order valence-electron chi connectivity index (χ0n) is 19.7. The Morgan fingerprint density at radius 1 is 1.15 bits per heavy atom. The number of hydrogen-bond acceptors (Lipinski definition) is 6. The second-order valence-electron chi connectivity index (χ2n) is 9.16. The van der Waals surface area contributed by atoms with E-state index < -0.39 is 10.0 Å². The quantitative estimate of drug-likeness (QED) is 0.502. The van der Waals surface area contributed by atoms with Gasteiger partial charge in [-0.2, -0.15) is 4.31 Å². The predicted molar refractivity (Wildman–Crippen MR) is 135 cm³/mol. The highest BCUT2D eigenvalue weighted by molar-refractivity contribution is 7.89. The summed E-state index contributed by atoms with van der Waals surface area (Å²) in [5, 5.41) is 12.2. The van der Waals surface area contributed by atoms with Gasteiger partial charge < -0.3 is 5.32 Å². The molecule has 4 rings (SSSR count).